The van der Waals surface area contributed by atoms with Gasteiger partial charge in [0.2, 0.25) is 6.41 Å². The number of nitrogens with one attached hydrogen (secondary N) is 1. The summed E-state index contributed by atoms with van der Waals surface area (Å²) >= 11 is 0. The van der Waals surface area contributed by atoms with Crippen LogP contribution in [0.4, 0.5) is 0 Å². The van der Waals surface area contributed by atoms with Crippen molar-refractivity contribution in [1.82, 2.24) is 5.32 Å². The van der Waals surface area contributed by atoms with Gasteiger partial charge in [0.05, 0.1) is 13.2 Å². The third kappa shape index (κ3) is 16.9. The van der Waals surface area contributed by atoms with Crippen molar-refractivity contribution in [2.45, 2.75) is 34.6 Å². The first-order valence-corrected chi connectivity index (χ1v) is 7.34. The van der Waals surface area contributed by atoms with Crippen LogP contribution >= 0.6 is 0 Å². The summed E-state index contributed by atoms with van der Waals surface area (Å²) in [6.07, 6.45) is 0.714. The molecule has 0 aromatic heterocycles. The zero-order valence-corrected chi connectivity index (χ0v) is 14.5. The standard InChI is InChI=1S/C11H24N2O2.C4H8O3/c1-10(2,5-12)7-15-8-11(3,4)6-13-9-14;1-2-7-3-4(5)6/h9H,5-8,12H2,1-4H3,(H,13,14);2-3H2,1H3,(H,5,6). The highest BCUT2D eigenvalue weighted by atomic mass is 16.5. The van der Waals surface area contributed by atoms with Gasteiger partial charge in [-0.2, -0.15) is 0 Å². The van der Waals surface area contributed by atoms with Crippen LogP contribution in [0.1, 0.15) is 34.6 Å². The van der Waals surface area contributed by atoms with Crippen LogP contribution in [0.5, 0.6) is 0 Å². The Morgan fingerprint density at radius 2 is 1.73 bits per heavy atom. The smallest absolute Gasteiger partial charge is 0.329 e. The lowest BCUT2D eigenvalue weighted by molar-refractivity contribution is -0.142. The molecule has 0 radical (unpaired) electrons. The zero-order chi connectivity index (χ0) is 17.6. The highest BCUT2D eigenvalue weighted by Crippen LogP contribution is 2.17. The molecule has 22 heavy (non-hydrogen) atoms. The molecule has 4 N–H and O–H groups in total. The van der Waals surface area contributed by atoms with E-state index in [0.29, 0.717) is 39.3 Å². The van der Waals surface area contributed by atoms with Gasteiger partial charge in [-0.1, -0.05) is 27.7 Å². The van der Waals surface area contributed by atoms with E-state index in [1.54, 1.807) is 6.92 Å². The van der Waals surface area contributed by atoms with Crippen molar-refractivity contribution in [2.24, 2.45) is 16.6 Å². The van der Waals surface area contributed by atoms with Gasteiger partial charge >= 0.3 is 5.97 Å². The number of nitrogens with two attached hydrogens (primary N) is 1. The molecule has 0 heterocycles. The Balaban J connectivity index is 0. The number of carboxylic acids is 1. The Bertz CT molecular complexity index is 306. The maximum atomic E-state index is 10.2. The van der Waals surface area contributed by atoms with Crippen LogP contribution in [0.3, 0.4) is 0 Å². The molecule has 132 valence electrons. The van der Waals surface area contributed by atoms with E-state index >= 15 is 0 Å². The predicted octanol–water partition coefficient (Wildman–Crippen LogP) is 0.868. The molecule has 7 heteroatoms. The van der Waals surface area contributed by atoms with E-state index in [1.165, 1.54) is 0 Å². The molecule has 0 aromatic rings. The first-order valence-electron chi connectivity index (χ1n) is 7.34. The fourth-order valence-corrected chi connectivity index (χ4v) is 1.22. The van der Waals surface area contributed by atoms with Crippen molar-refractivity contribution in [3.63, 3.8) is 0 Å². The molecule has 0 bridgehead atoms. The molecule has 7 nitrogen and oxygen atoms in total. The number of carboxylic acid groups (broad SMARTS) is 1. The van der Waals surface area contributed by atoms with Gasteiger partial charge in [-0.25, -0.2) is 4.79 Å². The molecule has 0 aliphatic rings. The van der Waals surface area contributed by atoms with Gasteiger partial charge in [-0.05, 0) is 13.5 Å². The van der Waals surface area contributed by atoms with Crippen LogP contribution in [0.2, 0.25) is 0 Å². The second-order valence-electron chi connectivity index (χ2n) is 6.55. The molecule has 0 fully saturated rings. The summed E-state index contributed by atoms with van der Waals surface area (Å²) in [6, 6.07) is 0. The predicted molar refractivity (Wildman–Crippen MR) is 85.6 cm³/mol. The minimum absolute atomic E-state index is 0.0220. The summed E-state index contributed by atoms with van der Waals surface area (Å²) in [6.45, 7) is 12.8. The minimum Gasteiger partial charge on any atom is -0.480 e. The second kappa shape index (κ2) is 12.4. The number of aliphatic carboxylic acids is 1. The lowest BCUT2D eigenvalue weighted by atomic mass is 9.93. The van der Waals surface area contributed by atoms with Crippen molar-refractivity contribution in [2.75, 3.05) is 39.5 Å². The summed E-state index contributed by atoms with van der Waals surface area (Å²) < 4.78 is 10.1. The Labute approximate surface area is 133 Å². The Hall–Kier alpha value is -1.18. The number of rotatable bonds is 11. The number of hydrogen-bond acceptors (Lipinski definition) is 5. The number of carbonyl (C=O) groups excluding carboxylic acids is 1. The van der Waals surface area contributed by atoms with Crippen LogP contribution in [-0.4, -0.2) is 57.0 Å². The van der Waals surface area contributed by atoms with E-state index in [0.717, 1.165) is 0 Å². The van der Waals surface area contributed by atoms with Crippen LogP contribution in [-0.2, 0) is 19.1 Å². The highest BCUT2D eigenvalue weighted by Gasteiger charge is 2.21. The summed E-state index contributed by atoms with van der Waals surface area (Å²) in [4.78, 5) is 19.8. The van der Waals surface area contributed by atoms with Crippen LogP contribution < -0.4 is 11.1 Å². The van der Waals surface area contributed by atoms with Crippen LogP contribution in [0.25, 0.3) is 0 Å². The van der Waals surface area contributed by atoms with Crippen molar-refractivity contribution < 1.29 is 24.2 Å². The fourth-order valence-electron chi connectivity index (χ4n) is 1.22. The lowest BCUT2D eigenvalue weighted by Gasteiger charge is -2.27. The Morgan fingerprint density at radius 3 is 2.09 bits per heavy atom. The largest absolute Gasteiger partial charge is 0.480 e. The molecule has 1 amide bonds. The molecule has 0 aliphatic heterocycles. The average molecular weight is 320 g/mol. The molecule has 0 saturated carbocycles. The summed E-state index contributed by atoms with van der Waals surface area (Å²) in [5.74, 6) is -0.915. The summed E-state index contributed by atoms with van der Waals surface area (Å²) in [5.41, 5.74) is 5.58. The number of hydrogen-bond donors (Lipinski definition) is 3. The first kappa shape index (κ1) is 23.1. The van der Waals surface area contributed by atoms with Crippen molar-refractivity contribution in [3.8, 4) is 0 Å². The van der Waals surface area contributed by atoms with E-state index in [2.05, 4.69) is 37.7 Å². The van der Waals surface area contributed by atoms with Gasteiger partial charge in [0, 0.05) is 24.0 Å². The third-order valence-electron chi connectivity index (χ3n) is 2.63. The molecule has 0 saturated heterocycles. The molecule has 0 rings (SSSR count). The molecule has 0 aromatic carbocycles. The van der Waals surface area contributed by atoms with E-state index in [9.17, 15) is 9.59 Å². The van der Waals surface area contributed by atoms with E-state index in [1.807, 2.05) is 0 Å². The molecular weight excluding hydrogens is 288 g/mol. The Morgan fingerprint density at radius 1 is 1.18 bits per heavy atom. The molecule has 0 unspecified atom stereocenters. The quantitative estimate of drug-likeness (QED) is 0.487. The fraction of sp³-hybridized carbons (Fsp3) is 0.867. The first-order chi connectivity index (χ1) is 10.1. The molecular formula is C15H32N2O5. The number of amides is 1. The maximum Gasteiger partial charge on any atom is 0.329 e. The molecule has 0 spiro atoms. The van der Waals surface area contributed by atoms with Crippen molar-refractivity contribution >= 4 is 12.4 Å². The normalized spacial score (nSPS) is 11.4. The van der Waals surface area contributed by atoms with Gasteiger partial charge in [0.1, 0.15) is 6.61 Å². The SMILES string of the molecule is CC(C)(CN)COCC(C)(C)CNC=O.CCOCC(=O)O. The third-order valence-corrected chi connectivity index (χ3v) is 2.63. The second-order valence-corrected chi connectivity index (χ2v) is 6.55. The lowest BCUT2D eigenvalue weighted by Crippen LogP contribution is -2.35. The monoisotopic (exact) mass is 320 g/mol. The summed E-state index contributed by atoms with van der Waals surface area (Å²) in [5, 5.41) is 10.6. The van der Waals surface area contributed by atoms with E-state index < -0.39 is 5.97 Å². The maximum absolute atomic E-state index is 10.2. The van der Waals surface area contributed by atoms with E-state index in [-0.39, 0.29) is 17.4 Å². The van der Waals surface area contributed by atoms with Gasteiger partial charge in [-0.15, -0.1) is 0 Å². The molecule has 0 atom stereocenters. The van der Waals surface area contributed by atoms with Crippen molar-refractivity contribution in [3.05, 3.63) is 0 Å². The minimum atomic E-state index is -0.915. The van der Waals surface area contributed by atoms with Gasteiger partial charge in [0.15, 0.2) is 0 Å². The number of carbonyl (C=O) groups is 2. The number of ether oxygens (including phenoxy) is 2. The average Bonchev–Trinajstić information content (AvgIpc) is 2.43. The van der Waals surface area contributed by atoms with Gasteiger partial charge < -0.3 is 25.6 Å². The van der Waals surface area contributed by atoms with Crippen LogP contribution in [0.15, 0.2) is 0 Å². The van der Waals surface area contributed by atoms with Crippen molar-refractivity contribution in [1.29, 1.82) is 0 Å². The summed E-state index contributed by atoms with van der Waals surface area (Å²) in [7, 11) is 0. The topological polar surface area (TPSA) is 111 Å². The molecule has 0 aliphatic carbocycles. The Kier molecular flexibility index (Phi) is 13.0. The van der Waals surface area contributed by atoms with Gasteiger partial charge in [0.25, 0.3) is 0 Å². The zero-order valence-electron chi connectivity index (χ0n) is 14.5. The highest BCUT2D eigenvalue weighted by molar-refractivity contribution is 5.67. The van der Waals surface area contributed by atoms with Gasteiger partial charge in [-0.3, -0.25) is 4.79 Å². The van der Waals surface area contributed by atoms with E-state index in [4.69, 9.17) is 15.6 Å². The van der Waals surface area contributed by atoms with Crippen LogP contribution in [0, 0.1) is 10.8 Å².